The van der Waals surface area contributed by atoms with E-state index >= 15 is 0 Å². The van der Waals surface area contributed by atoms with Gasteiger partial charge in [0.2, 0.25) is 9.84 Å². The summed E-state index contributed by atoms with van der Waals surface area (Å²) in [4.78, 5) is 0.451. The molecular weight excluding hydrogens is 184 g/mol. The summed E-state index contributed by atoms with van der Waals surface area (Å²) in [6.45, 7) is 1.96. The van der Waals surface area contributed by atoms with E-state index in [-0.39, 0.29) is 0 Å². The van der Waals surface area contributed by atoms with Crippen LogP contribution in [0, 0.1) is 0 Å². The molecule has 0 aliphatic carbocycles. The highest BCUT2D eigenvalue weighted by Crippen LogP contribution is 2.34. The quantitative estimate of drug-likeness (QED) is 0.687. The third kappa shape index (κ3) is 1.20. The topological polar surface area (TPSA) is 34.1 Å². The molecule has 13 heavy (non-hydrogen) atoms. The number of sulfone groups is 1. The van der Waals surface area contributed by atoms with Crippen molar-refractivity contribution in [2.45, 2.75) is 18.2 Å². The van der Waals surface area contributed by atoms with Crippen LogP contribution in [-0.4, -0.2) is 8.42 Å². The Labute approximate surface area is 77.8 Å². The molecule has 0 spiro atoms. The van der Waals surface area contributed by atoms with Crippen molar-refractivity contribution in [2.75, 3.05) is 0 Å². The van der Waals surface area contributed by atoms with Gasteiger partial charge >= 0.3 is 0 Å². The molecule has 0 saturated carbocycles. The fourth-order valence-corrected chi connectivity index (χ4v) is 3.14. The van der Waals surface area contributed by atoms with Crippen LogP contribution in [0.15, 0.2) is 34.6 Å². The van der Waals surface area contributed by atoms with Crippen molar-refractivity contribution >= 4 is 15.4 Å². The maximum Gasteiger partial charge on any atom is 0.200 e. The van der Waals surface area contributed by atoms with Crippen LogP contribution >= 0.6 is 0 Å². The summed E-state index contributed by atoms with van der Waals surface area (Å²) in [5.41, 5.74) is 1.78. The van der Waals surface area contributed by atoms with Gasteiger partial charge in [-0.15, -0.1) is 0 Å². The third-order valence-electron chi connectivity index (χ3n) is 2.22. The maximum absolute atomic E-state index is 11.5. The lowest BCUT2D eigenvalue weighted by molar-refractivity contribution is 0.605. The van der Waals surface area contributed by atoms with E-state index < -0.39 is 9.84 Å². The summed E-state index contributed by atoms with van der Waals surface area (Å²) in [6.07, 6.45) is 0.760. The Morgan fingerprint density at radius 2 is 1.92 bits per heavy atom. The second-order valence-corrected chi connectivity index (χ2v) is 4.80. The zero-order valence-electron chi connectivity index (χ0n) is 7.32. The van der Waals surface area contributed by atoms with Crippen molar-refractivity contribution in [1.82, 2.24) is 0 Å². The standard InChI is InChI=1S/C10H10O2S/c1-2-8-7-13(11,12)10-6-4-3-5-9(8)10/h3-7H,2H2,1H3. The van der Waals surface area contributed by atoms with Gasteiger partial charge in [-0.25, -0.2) is 8.42 Å². The van der Waals surface area contributed by atoms with Crippen LogP contribution in [0.25, 0.3) is 5.57 Å². The molecule has 1 aliphatic heterocycles. The molecule has 1 aromatic rings. The molecule has 0 unspecified atom stereocenters. The molecule has 2 rings (SSSR count). The molecule has 0 saturated heterocycles. The van der Waals surface area contributed by atoms with Gasteiger partial charge in [-0.2, -0.15) is 0 Å². The number of hydrogen-bond acceptors (Lipinski definition) is 2. The van der Waals surface area contributed by atoms with Crippen LogP contribution in [0.5, 0.6) is 0 Å². The van der Waals surface area contributed by atoms with Crippen LogP contribution in [0.2, 0.25) is 0 Å². The highest BCUT2D eigenvalue weighted by atomic mass is 32.2. The van der Waals surface area contributed by atoms with Crippen LogP contribution < -0.4 is 0 Å². The Hall–Kier alpha value is -1.09. The minimum atomic E-state index is -3.13. The minimum Gasteiger partial charge on any atom is -0.219 e. The summed E-state index contributed by atoms with van der Waals surface area (Å²) in [5.74, 6) is 0. The van der Waals surface area contributed by atoms with Gasteiger partial charge in [-0.3, -0.25) is 0 Å². The highest BCUT2D eigenvalue weighted by molar-refractivity contribution is 7.95. The second kappa shape index (κ2) is 2.70. The van der Waals surface area contributed by atoms with Crippen LogP contribution in [0.1, 0.15) is 18.9 Å². The van der Waals surface area contributed by atoms with Crippen molar-refractivity contribution in [3.8, 4) is 0 Å². The predicted octanol–water partition coefficient (Wildman–Crippen LogP) is 2.22. The summed E-state index contributed by atoms with van der Waals surface area (Å²) in [7, 11) is -3.13. The van der Waals surface area contributed by atoms with E-state index in [1.165, 1.54) is 5.41 Å². The summed E-state index contributed by atoms with van der Waals surface area (Å²) < 4.78 is 23.1. The molecule has 2 nitrogen and oxygen atoms in total. The van der Waals surface area contributed by atoms with Gasteiger partial charge in [-0.05, 0) is 23.6 Å². The molecule has 1 aromatic carbocycles. The average Bonchev–Trinajstić information content (AvgIpc) is 2.39. The normalized spacial score (nSPS) is 18.1. The summed E-state index contributed by atoms with van der Waals surface area (Å²) >= 11 is 0. The molecule has 0 atom stereocenters. The van der Waals surface area contributed by atoms with Crippen molar-refractivity contribution in [3.05, 3.63) is 35.2 Å². The largest absolute Gasteiger partial charge is 0.219 e. The summed E-state index contributed by atoms with van der Waals surface area (Å²) in [5, 5.41) is 1.37. The average molecular weight is 194 g/mol. The van der Waals surface area contributed by atoms with Crippen LogP contribution in [0.4, 0.5) is 0 Å². The number of hydrogen-bond donors (Lipinski definition) is 0. The second-order valence-electron chi connectivity index (χ2n) is 3.04. The molecule has 1 heterocycles. The van der Waals surface area contributed by atoms with Gasteiger partial charge in [0, 0.05) is 5.41 Å². The third-order valence-corrected chi connectivity index (χ3v) is 3.78. The first kappa shape index (κ1) is 8.51. The molecule has 0 bridgehead atoms. The van der Waals surface area contributed by atoms with E-state index in [0.29, 0.717) is 4.90 Å². The van der Waals surface area contributed by atoms with Crippen molar-refractivity contribution in [1.29, 1.82) is 0 Å². The molecular formula is C10H10O2S. The fraction of sp³-hybridized carbons (Fsp3) is 0.200. The van der Waals surface area contributed by atoms with Crippen LogP contribution in [0.3, 0.4) is 0 Å². The lowest BCUT2D eigenvalue weighted by atomic mass is 10.1. The van der Waals surface area contributed by atoms with Crippen LogP contribution in [-0.2, 0) is 9.84 Å². The minimum absolute atomic E-state index is 0.451. The van der Waals surface area contributed by atoms with E-state index in [1.54, 1.807) is 12.1 Å². The monoisotopic (exact) mass is 194 g/mol. The van der Waals surface area contributed by atoms with Crippen molar-refractivity contribution in [2.24, 2.45) is 0 Å². The Kier molecular flexibility index (Phi) is 1.77. The van der Waals surface area contributed by atoms with Gasteiger partial charge < -0.3 is 0 Å². The molecule has 0 fully saturated rings. The van der Waals surface area contributed by atoms with E-state index in [1.807, 2.05) is 19.1 Å². The van der Waals surface area contributed by atoms with E-state index in [9.17, 15) is 8.42 Å². The predicted molar refractivity (Wildman–Crippen MR) is 51.9 cm³/mol. The first-order valence-corrected chi connectivity index (χ1v) is 5.75. The Morgan fingerprint density at radius 3 is 2.62 bits per heavy atom. The van der Waals surface area contributed by atoms with Gasteiger partial charge in [0.05, 0.1) is 4.90 Å². The molecule has 1 aliphatic rings. The Bertz CT molecular complexity index is 469. The zero-order valence-corrected chi connectivity index (χ0v) is 8.14. The van der Waals surface area contributed by atoms with E-state index in [2.05, 4.69) is 0 Å². The SMILES string of the molecule is CCC1=CS(=O)(=O)c2ccccc21. The first-order chi connectivity index (χ1) is 6.15. The van der Waals surface area contributed by atoms with Gasteiger partial charge in [0.25, 0.3) is 0 Å². The van der Waals surface area contributed by atoms with E-state index in [4.69, 9.17) is 0 Å². The highest BCUT2D eigenvalue weighted by Gasteiger charge is 2.24. The number of allylic oxidation sites excluding steroid dienone is 1. The van der Waals surface area contributed by atoms with Gasteiger partial charge in [0.15, 0.2) is 0 Å². The smallest absolute Gasteiger partial charge is 0.200 e. The van der Waals surface area contributed by atoms with Gasteiger partial charge in [-0.1, -0.05) is 25.1 Å². The van der Waals surface area contributed by atoms with Crippen molar-refractivity contribution < 1.29 is 8.42 Å². The summed E-state index contributed by atoms with van der Waals surface area (Å²) in [6, 6.07) is 7.13. The maximum atomic E-state index is 11.5. The molecule has 68 valence electrons. The number of rotatable bonds is 1. The number of benzene rings is 1. The number of fused-ring (bicyclic) bond motifs is 1. The molecule has 3 heteroatoms. The first-order valence-electron chi connectivity index (χ1n) is 4.20. The Balaban J connectivity index is 2.76. The van der Waals surface area contributed by atoms with Gasteiger partial charge in [0.1, 0.15) is 0 Å². The Morgan fingerprint density at radius 1 is 1.23 bits per heavy atom. The lowest BCUT2D eigenvalue weighted by Crippen LogP contribution is -1.91. The fourth-order valence-electron chi connectivity index (χ4n) is 1.57. The zero-order chi connectivity index (χ0) is 9.47. The molecule has 0 amide bonds. The molecule has 0 radical (unpaired) electrons. The van der Waals surface area contributed by atoms with Crippen molar-refractivity contribution in [3.63, 3.8) is 0 Å². The van der Waals surface area contributed by atoms with E-state index in [0.717, 1.165) is 17.6 Å². The molecule has 0 N–H and O–H groups in total. The molecule has 0 aromatic heterocycles. The lowest BCUT2D eigenvalue weighted by Gasteiger charge is -1.99.